The lowest BCUT2D eigenvalue weighted by atomic mass is 9.85. The molecule has 0 aromatic carbocycles. The topological polar surface area (TPSA) is 63.7 Å². The molecular formula is C14H25NO4S. The third-order valence-corrected chi connectivity index (χ3v) is 7.19. The lowest BCUT2D eigenvalue weighted by Gasteiger charge is -2.33. The number of carbonyl (C=O) groups excluding carboxylic acids is 1. The first-order valence-electron chi connectivity index (χ1n) is 7.57. The zero-order chi connectivity index (χ0) is 14.8. The second-order valence-electron chi connectivity index (χ2n) is 5.89. The summed E-state index contributed by atoms with van der Waals surface area (Å²) in [6, 6.07) is 0. The SMILES string of the molecule is CCN(CC1CCC1)S(=O)(=O)C1CCCC1C(=O)OC. The summed E-state index contributed by atoms with van der Waals surface area (Å²) in [5.74, 6) is -0.362. The number of hydrogen-bond acceptors (Lipinski definition) is 4. The van der Waals surface area contributed by atoms with Crippen molar-refractivity contribution < 1.29 is 17.9 Å². The number of rotatable bonds is 6. The third-order valence-electron chi connectivity index (χ3n) is 4.74. The Kier molecular flexibility index (Phi) is 5.07. The highest BCUT2D eigenvalue weighted by molar-refractivity contribution is 7.89. The average Bonchev–Trinajstić information content (AvgIpc) is 2.86. The zero-order valence-electron chi connectivity index (χ0n) is 12.4. The quantitative estimate of drug-likeness (QED) is 0.702. The Morgan fingerprint density at radius 3 is 2.35 bits per heavy atom. The zero-order valence-corrected chi connectivity index (χ0v) is 13.2. The van der Waals surface area contributed by atoms with E-state index in [0.29, 0.717) is 31.8 Å². The summed E-state index contributed by atoms with van der Waals surface area (Å²) in [7, 11) is -2.06. The van der Waals surface area contributed by atoms with Gasteiger partial charge in [0.05, 0.1) is 18.3 Å². The first kappa shape index (κ1) is 15.8. The minimum absolute atomic E-state index is 0.379. The van der Waals surface area contributed by atoms with Crippen LogP contribution >= 0.6 is 0 Å². The Labute approximate surface area is 121 Å². The Balaban J connectivity index is 2.11. The predicted octanol–water partition coefficient (Wildman–Crippen LogP) is 1.78. The van der Waals surface area contributed by atoms with E-state index in [4.69, 9.17) is 4.74 Å². The van der Waals surface area contributed by atoms with Crippen molar-refractivity contribution in [1.29, 1.82) is 0 Å². The molecule has 0 aromatic heterocycles. The second kappa shape index (κ2) is 6.43. The van der Waals surface area contributed by atoms with Gasteiger partial charge in [-0.05, 0) is 31.6 Å². The smallest absolute Gasteiger partial charge is 0.310 e. The summed E-state index contributed by atoms with van der Waals surface area (Å²) in [5.41, 5.74) is 0. The maximum atomic E-state index is 12.8. The van der Waals surface area contributed by atoms with Crippen molar-refractivity contribution in [2.75, 3.05) is 20.2 Å². The summed E-state index contributed by atoms with van der Waals surface area (Å²) in [4.78, 5) is 11.8. The maximum absolute atomic E-state index is 12.8. The van der Waals surface area contributed by atoms with Crippen molar-refractivity contribution in [3.63, 3.8) is 0 Å². The van der Waals surface area contributed by atoms with E-state index in [9.17, 15) is 13.2 Å². The summed E-state index contributed by atoms with van der Waals surface area (Å²) >= 11 is 0. The Morgan fingerprint density at radius 1 is 1.20 bits per heavy atom. The van der Waals surface area contributed by atoms with Gasteiger partial charge in [0.25, 0.3) is 0 Å². The van der Waals surface area contributed by atoms with Gasteiger partial charge in [-0.15, -0.1) is 0 Å². The van der Waals surface area contributed by atoms with Crippen LogP contribution in [-0.4, -0.2) is 44.1 Å². The van der Waals surface area contributed by atoms with Gasteiger partial charge < -0.3 is 4.74 Å². The minimum Gasteiger partial charge on any atom is -0.469 e. The number of carbonyl (C=O) groups is 1. The van der Waals surface area contributed by atoms with Gasteiger partial charge in [0.15, 0.2) is 0 Å². The summed E-state index contributed by atoms with van der Waals surface area (Å²) in [5, 5.41) is -0.588. The molecule has 2 rings (SSSR count). The van der Waals surface area contributed by atoms with Crippen LogP contribution in [0.3, 0.4) is 0 Å². The molecule has 0 radical (unpaired) electrons. The number of methoxy groups -OCH3 is 1. The fraction of sp³-hybridized carbons (Fsp3) is 0.929. The van der Waals surface area contributed by atoms with Crippen molar-refractivity contribution in [3.8, 4) is 0 Å². The van der Waals surface area contributed by atoms with Crippen LogP contribution in [0.5, 0.6) is 0 Å². The fourth-order valence-corrected chi connectivity index (χ4v) is 5.56. The molecule has 6 heteroatoms. The normalized spacial score (nSPS) is 27.6. The van der Waals surface area contributed by atoms with Crippen LogP contribution in [0.4, 0.5) is 0 Å². The van der Waals surface area contributed by atoms with Gasteiger partial charge >= 0.3 is 5.97 Å². The van der Waals surface area contributed by atoms with Gasteiger partial charge in [-0.2, -0.15) is 0 Å². The molecule has 0 N–H and O–H groups in total. The second-order valence-corrected chi connectivity index (χ2v) is 8.04. The molecular weight excluding hydrogens is 278 g/mol. The van der Waals surface area contributed by atoms with Gasteiger partial charge in [-0.25, -0.2) is 12.7 Å². The average molecular weight is 303 g/mol. The highest BCUT2D eigenvalue weighted by Gasteiger charge is 2.44. The van der Waals surface area contributed by atoms with E-state index in [2.05, 4.69) is 0 Å². The van der Waals surface area contributed by atoms with E-state index in [1.165, 1.54) is 13.5 Å². The molecule has 0 heterocycles. The highest BCUT2D eigenvalue weighted by Crippen LogP contribution is 2.35. The van der Waals surface area contributed by atoms with Crippen LogP contribution in [0.15, 0.2) is 0 Å². The van der Waals surface area contributed by atoms with Crippen molar-refractivity contribution in [2.24, 2.45) is 11.8 Å². The van der Waals surface area contributed by atoms with Gasteiger partial charge in [0, 0.05) is 13.1 Å². The molecule has 2 aliphatic rings. The number of sulfonamides is 1. The van der Waals surface area contributed by atoms with E-state index in [0.717, 1.165) is 19.3 Å². The van der Waals surface area contributed by atoms with Gasteiger partial charge in [-0.1, -0.05) is 19.8 Å². The first-order valence-corrected chi connectivity index (χ1v) is 9.07. The van der Waals surface area contributed by atoms with Crippen molar-refractivity contribution in [3.05, 3.63) is 0 Å². The molecule has 20 heavy (non-hydrogen) atoms. The molecule has 2 saturated carbocycles. The molecule has 2 atom stereocenters. The largest absolute Gasteiger partial charge is 0.469 e. The summed E-state index contributed by atoms with van der Waals surface area (Å²) in [6.07, 6.45) is 5.43. The van der Waals surface area contributed by atoms with Crippen LogP contribution < -0.4 is 0 Å². The van der Waals surface area contributed by atoms with Crippen molar-refractivity contribution in [1.82, 2.24) is 4.31 Å². The van der Waals surface area contributed by atoms with Crippen LogP contribution in [0.2, 0.25) is 0 Å². The van der Waals surface area contributed by atoms with Crippen LogP contribution in [-0.2, 0) is 19.6 Å². The number of esters is 1. The molecule has 0 aliphatic heterocycles. The third kappa shape index (κ3) is 3.01. The molecule has 2 aliphatic carbocycles. The highest BCUT2D eigenvalue weighted by atomic mass is 32.2. The van der Waals surface area contributed by atoms with E-state index in [1.54, 1.807) is 4.31 Å². The molecule has 0 aromatic rings. The summed E-state index contributed by atoms with van der Waals surface area (Å²) in [6.45, 7) is 2.98. The van der Waals surface area contributed by atoms with Crippen LogP contribution in [0.25, 0.3) is 0 Å². The van der Waals surface area contributed by atoms with Crippen LogP contribution in [0, 0.1) is 11.8 Å². The van der Waals surface area contributed by atoms with E-state index in [-0.39, 0.29) is 5.97 Å². The van der Waals surface area contributed by atoms with Crippen molar-refractivity contribution >= 4 is 16.0 Å². The van der Waals surface area contributed by atoms with Gasteiger partial charge in [0.1, 0.15) is 0 Å². The summed E-state index contributed by atoms with van der Waals surface area (Å²) < 4.78 is 31.9. The van der Waals surface area contributed by atoms with Gasteiger partial charge in [0.2, 0.25) is 10.0 Å². The molecule has 0 saturated heterocycles. The minimum atomic E-state index is -3.39. The van der Waals surface area contributed by atoms with E-state index >= 15 is 0 Å². The molecule has 0 amide bonds. The van der Waals surface area contributed by atoms with Gasteiger partial charge in [-0.3, -0.25) is 4.79 Å². The lowest BCUT2D eigenvalue weighted by molar-refractivity contribution is -0.145. The van der Waals surface area contributed by atoms with E-state index < -0.39 is 21.2 Å². The molecule has 0 spiro atoms. The maximum Gasteiger partial charge on any atom is 0.310 e. The molecule has 2 fully saturated rings. The Bertz CT molecular complexity index is 444. The van der Waals surface area contributed by atoms with Crippen LogP contribution in [0.1, 0.15) is 45.4 Å². The monoisotopic (exact) mass is 303 g/mol. The molecule has 116 valence electrons. The Morgan fingerprint density at radius 2 is 1.85 bits per heavy atom. The standard InChI is InChI=1S/C14H25NO4S/c1-3-15(10-11-6-4-7-11)20(17,18)13-9-5-8-12(13)14(16)19-2/h11-13H,3-10H2,1-2H3. The van der Waals surface area contributed by atoms with Crippen molar-refractivity contribution in [2.45, 2.75) is 50.7 Å². The lowest BCUT2D eigenvalue weighted by Crippen LogP contribution is -2.45. The number of hydrogen-bond donors (Lipinski definition) is 0. The number of ether oxygens (including phenoxy) is 1. The number of nitrogens with zero attached hydrogens (tertiary/aromatic N) is 1. The molecule has 2 unspecified atom stereocenters. The molecule has 5 nitrogen and oxygen atoms in total. The molecule has 0 bridgehead atoms. The van der Waals surface area contributed by atoms with E-state index in [1.807, 2.05) is 6.92 Å². The first-order chi connectivity index (χ1) is 9.50. The Hall–Kier alpha value is -0.620. The predicted molar refractivity (Wildman–Crippen MR) is 76.7 cm³/mol. The fourth-order valence-electron chi connectivity index (χ4n) is 3.27.